The summed E-state index contributed by atoms with van der Waals surface area (Å²) >= 11 is 1.65. The van der Waals surface area contributed by atoms with Crippen LogP contribution in [0.1, 0.15) is 30.7 Å². The van der Waals surface area contributed by atoms with Gasteiger partial charge in [-0.25, -0.2) is 0 Å². The molecule has 1 saturated heterocycles. The molecule has 22 heavy (non-hydrogen) atoms. The van der Waals surface area contributed by atoms with Gasteiger partial charge >= 0.3 is 0 Å². The number of nitrogens with zero attached hydrogens (tertiary/aromatic N) is 3. The first kappa shape index (κ1) is 15.1. The molecule has 0 aliphatic carbocycles. The Bertz CT molecular complexity index is 603. The van der Waals surface area contributed by atoms with Crippen LogP contribution in [0, 0.1) is 0 Å². The highest BCUT2D eigenvalue weighted by Gasteiger charge is 2.29. The molecule has 0 N–H and O–H groups in total. The largest absolute Gasteiger partial charge is 0.367 e. The Morgan fingerprint density at radius 1 is 1.45 bits per heavy atom. The average molecular weight is 317 g/mol. The SMILES string of the molecule is C[C@@H]1CN(C(=O)CCc2cnccn2)C[C@@H](c2ccsc2)O1. The summed E-state index contributed by atoms with van der Waals surface area (Å²) in [6, 6.07) is 2.07. The van der Waals surface area contributed by atoms with Crippen LogP contribution in [0.5, 0.6) is 0 Å². The Morgan fingerprint density at radius 2 is 2.36 bits per heavy atom. The summed E-state index contributed by atoms with van der Waals surface area (Å²) in [7, 11) is 0. The molecule has 6 heteroatoms. The van der Waals surface area contributed by atoms with Gasteiger partial charge in [0.15, 0.2) is 0 Å². The van der Waals surface area contributed by atoms with Gasteiger partial charge in [-0.05, 0) is 35.7 Å². The number of morpholine rings is 1. The first-order valence-electron chi connectivity index (χ1n) is 7.42. The normalized spacial score (nSPS) is 21.8. The van der Waals surface area contributed by atoms with Crippen molar-refractivity contribution < 1.29 is 9.53 Å². The van der Waals surface area contributed by atoms with Crippen molar-refractivity contribution in [3.8, 4) is 0 Å². The maximum atomic E-state index is 12.5. The lowest BCUT2D eigenvalue weighted by atomic mass is 10.1. The average Bonchev–Trinajstić information content (AvgIpc) is 3.07. The molecule has 1 fully saturated rings. The zero-order chi connectivity index (χ0) is 15.4. The fraction of sp³-hybridized carbons (Fsp3) is 0.438. The second-order valence-corrected chi connectivity index (χ2v) is 6.27. The summed E-state index contributed by atoms with van der Waals surface area (Å²) < 4.78 is 5.96. The quantitative estimate of drug-likeness (QED) is 0.869. The fourth-order valence-corrected chi connectivity index (χ4v) is 3.35. The molecule has 1 aliphatic rings. The maximum absolute atomic E-state index is 12.5. The van der Waals surface area contributed by atoms with E-state index in [4.69, 9.17) is 4.74 Å². The number of hydrogen-bond acceptors (Lipinski definition) is 5. The van der Waals surface area contributed by atoms with Gasteiger partial charge in [0, 0.05) is 31.6 Å². The Labute approximate surface area is 134 Å². The molecule has 0 spiro atoms. The van der Waals surface area contributed by atoms with Crippen molar-refractivity contribution in [3.63, 3.8) is 0 Å². The van der Waals surface area contributed by atoms with Crippen molar-refractivity contribution in [2.24, 2.45) is 0 Å². The Kier molecular flexibility index (Phi) is 4.80. The molecule has 3 rings (SSSR count). The summed E-state index contributed by atoms with van der Waals surface area (Å²) in [5.74, 6) is 0.154. The molecule has 0 radical (unpaired) electrons. The van der Waals surface area contributed by atoms with E-state index >= 15 is 0 Å². The molecular weight excluding hydrogens is 298 g/mol. The van der Waals surface area contributed by atoms with Crippen molar-refractivity contribution in [2.45, 2.75) is 32.0 Å². The third-order valence-corrected chi connectivity index (χ3v) is 4.44. The lowest BCUT2D eigenvalue weighted by Gasteiger charge is -2.36. The molecule has 5 nitrogen and oxygen atoms in total. The van der Waals surface area contributed by atoms with E-state index in [-0.39, 0.29) is 18.1 Å². The highest BCUT2D eigenvalue weighted by molar-refractivity contribution is 7.07. The molecule has 3 heterocycles. The number of rotatable bonds is 4. The van der Waals surface area contributed by atoms with Gasteiger partial charge in [0.05, 0.1) is 18.3 Å². The first-order chi connectivity index (χ1) is 10.7. The molecule has 0 bridgehead atoms. The summed E-state index contributed by atoms with van der Waals surface area (Å²) in [6.45, 7) is 3.29. The van der Waals surface area contributed by atoms with Crippen LogP contribution < -0.4 is 0 Å². The molecular formula is C16H19N3O2S. The van der Waals surface area contributed by atoms with Gasteiger partial charge in [0.25, 0.3) is 0 Å². The second-order valence-electron chi connectivity index (χ2n) is 5.49. The highest BCUT2D eigenvalue weighted by Crippen LogP contribution is 2.27. The molecule has 2 aromatic heterocycles. The van der Waals surface area contributed by atoms with Gasteiger partial charge in [-0.15, -0.1) is 0 Å². The van der Waals surface area contributed by atoms with E-state index in [0.717, 1.165) is 11.3 Å². The lowest BCUT2D eigenvalue weighted by molar-refractivity contribution is -0.144. The van der Waals surface area contributed by atoms with Gasteiger partial charge in [-0.3, -0.25) is 14.8 Å². The van der Waals surface area contributed by atoms with Crippen molar-refractivity contribution in [1.29, 1.82) is 0 Å². The lowest BCUT2D eigenvalue weighted by Crippen LogP contribution is -2.46. The standard InChI is InChI=1S/C16H19N3O2S/c1-12-9-19(10-15(21-12)13-4-7-22-11-13)16(20)3-2-14-8-17-5-6-18-14/h4-8,11-12,15H,2-3,9-10H2,1H3/t12-,15+/m1/s1. The molecule has 116 valence electrons. The van der Waals surface area contributed by atoms with Crippen LogP contribution >= 0.6 is 11.3 Å². The minimum atomic E-state index is -0.0181. The number of hydrogen-bond donors (Lipinski definition) is 0. The Hall–Kier alpha value is -1.79. The van der Waals surface area contributed by atoms with Gasteiger partial charge < -0.3 is 9.64 Å². The third kappa shape index (κ3) is 3.69. The van der Waals surface area contributed by atoms with Crippen LogP contribution in [0.2, 0.25) is 0 Å². The summed E-state index contributed by atoms with van der Waals surface area (Å²) in [4.78, 5) is 22.6. The van der Waals surface area contributed by atoms with Crippen molar-refractivity contribution >= 4 is 17.2 Å². The minimum absolute atomic E-state index is 0.0181. The van der Waals surface area contributed by atoms with Crippen LogP contribution in [0.15, 0.2) is 35.4 Å². The van der Waals surface area contributed by atoms with Crippen LogP contribution in [-0.2, 0) is 16.0 Å². The van der Waals surface area contributed by atoms with Crippen molar-refractivity contribution in [3.05, 3.63) is 46.7 Å². The summed E-state index contributed by atoms with van der Waals surface area (Å²) in [6.07, 6.45) is 6.13. The summed E-state index contributed by atoms with van der Waals surface area (Å²) in [5, 5.41) is 4.13. The maximum Gasteiger partial charge on any atom is 0.223 e. The van der Waals surface area contributed by atoms with Crippen molar-refractivity contribution in [2.75, 3.05) is 13.1 Å². The topological polar surface area (TPSA) is 55.3 Å². The molecule has 0 saturated carbocycles. The number of aryl methyl sites for hydroxylation is 1. The third-order valence-electron chi connectivity index (χ3n) is 3.74. The first-order valence-corrected chi connectivity index (χ1v) is 8.37. The highest BCUT2D eigenvalue weighted by atomic mass is 32.1. The second kappa shape index (κ2) is 6.98. The number of thiophene rings is 1. The Morgan fingerprint density at radius 3 is 3.09 bits per heavy atom. The van der Waals surface area contributed by atoms with Crippen LogP contribution in [0.4, 0.5) is 0 Å². The van der Waals surface area contributed by atoms with Crippen LogP contribution in [0.3, 0.4) is 0 Å². The molecule has 1 amide bonds. The number of aromatic nitrogens is 2. The molecule has 2 aromatic rings. The van der Waals surface area contributed by atoms with E-state index in [1.165, 1.54) is 0 Å². The van der Waals surface area contributed by atoms with E-state index < -0.39 is 0 Å². The fourth-order valence-electron chi connectivity index (χ4n) is 2.65. The van der Waals surface area contributed by atoms with E-state index in [9.17, 15) is 4.79 Å². The minimum Gasteiger partial charge on any atom is -0.367 e. The predicted molar refractivity (Wildman–Crippen MR) is 84.5 cm³/mol. The van der Waals surface area contributed by atoms with Gasteiger partial charge in [-0.1, -0.05) is 0 Å². The van der Waals surface area contributed by atoms with Crippen LogP contribution in [0.25, 0.3) is 0 Å². The van der Waals surface area contributed by atoms with Gasteiger partial charge in [0.2, 0.25) is 5.91 Å². The van der Waals surface area contributed by atoms with Crippen LogP contribution in [-0.4, -0.2) is 40.0 Å². The van der Waals surface area contributed by atoms with E-state index in [0.29, 0.717) is 25.9 Å². The summed E-state index contributed by atoms with van der Waals surface area (Å²) in [5.41, 5.74) is 2.01. The predicted octanol–water partition coefficient (Wildman–Crippen LogP) is 2.46. The smallest absolute Gasteiger partial charge is 0.223 e. The van der Waals surface area contributed by atoms with E-state index in [1.54, 1.807) is 29.9 Å². The Balaban J connectivity index is 1.59. The van der Waals surface area contributed by atoms with Gasteiger partial charge in [-0.2, -0.15) is 11.3 Å². The number of carbonyl (C=O) groups is 1. The van der Waals surface area contributed by atoms with Gasteiger partial charge in [0.1, 0.15) is 6.10 Å². The number of amides is 1. The number of carbonyl (C=O) groups excluding carboxylic acids is 1. The van der Waals surface area contributed by atoms with E-state index in [1.807, 2.05) is 17.2 Å². The zero-order valence-corrected chi connectivity index (χ0v) is 13.3. The molecule has 1 aliphatic heterocycles. The zero-order valence-electron chi connectivity index (χ0n) is 12.5. The monoisotopic (exact) mass is 317 g/mol. The number of ether oxygens (including phenoxy) is 1. The molecule has 2 atom stereocenters. The van der Waals surface area contributed by atoms with E-state index in [2.05, 4.69) is 21.4 Å². The molecule has 0 unspecified atom stereocenters. The molecule has 0 aromatic carbocycles. The van der Waals surface area contributed by atoms with Crippen molar-refractivity contribution in [1.82, 2.24) is 14.9 Å².